The van der Waals surface area contributed by atoms with Gasteiger partial charge in [0.1, 0.15) is 5.75 Å². The quantitative estimate of drug-likeness (QED) is 0.484. The molecule has 32 heavy (non-hydrogen) atoms. The van der Waals surface area contributed by atoms with Gasteiger partial charge in [-0.25, -0.2) is 24.1 Å². The van der Waals surface area contributed by atoms with Gasteiger partial charge in [0, 0.05) is 30.0 Å². The minimum absolute atomic E-state index is 0.124. The molecule has 2 aromatic heterocycles. The highest BCUT2D eigenvalue weighted by Gasteiger charge is 2.07. The summed E-state index contributed by atoms with van der Waals surface area (Å²) in [5, 5.41) is 0.591. The number of nitrogens with one attached hydrogen (secondary N) is 1. The molecule has 0 radical (unpaired) electrons. The summed E-state index contributed by atoms with van der Waals surface area (Å²) in [6, 6.07) is 17.2. The Morgan fingerprint density at radius 1 is 1.09 bits per heavy atom. The zero-order chi connectivity index (χ0) is 22.7. The van der Waals surface area contributed by atoms with Gasteiger partial charge in [-0.3, -0.25) is 9.55 Å². The van der Waals surface area contributed by atoms with Gasteiger partial charge in [0.25, 0.3) is 0 Å². The van der Waals surface area contributed by atoms with Gasteiger partial charge in [-0.2, -0.15) is 0 Å². The van der Waals surface area contributed by atoms with Crippen LogP contribution in [-0.2, 0) is 13.6 Å². The monoisotopic (exact) mass is 450 g/mol. The fraction of sp³-hybridized carbons (Fsp3) is 0.0909. The van der Waals surface area contributed by atoms with E-state index in [0.717, 1.165) is 10.1 Å². The van der Waals surface area contributed by atoms with Crippen LogP contribution in [0.15, 0.2) is 81.4 Å². The fourth-order valence-corrected chi connectivity index (χ4v) is 3.05. The number of hydrogen-bond donors (Lipinski definition) is 2. The number of anilines is 1. The van der Waals surface area contributed by atoms with Crippen molar-refractivity contribution in [2.75, 3.05) is 5.73 Å². The van der Waals surface area contributed by atoms with E-state index in [9.17, 15) is 9.59 Å². The van der Waals surface area contributed by atoms with E-state index in [2.05, 4.69) is 15.0 Å². The number of rotatable bonds is 5. The van der Waals surface area contributed by atoms with Crippen molar-refractivity contribution in [1.82, 2.24) is 19.1 Å². The Balaban J connectivity index is 1.69. The lowest BCUT2D eigenvalue weighted by molar-refractivity contribution is 0.463. The topological polar surface area (TPSA) is 120 Å². The molecular weight excluding hydrogens is 432 g/mol. The number of H-pyrrole nitrogens is 1. The lowest BCUT2D eigenvalue weighted by Crippen LogP contribution is -2.48. The molecule has 0 aliphatic heterocycles. The van der Waals surface area contributed by atoms with Gasteiger partial charge in [-0.15, -0.1) is 0 Å². The Kier molecular flexibility index (Phi) is 5.91. The molecule has 0 fully saturated rings. The van der Waals surface area contributed by atoms with Crippen LogP contribution >= 0.6 is 11.6 Å². The molecule has 0 atom stereocenters. The molecule has 4 rings (SSSR count). The molecule has 0 amide bonds. The highest BCUT2D eigenvalue weighted by molar-refractivity contribution is 6.30. The normalized spacial score (nSPS) is 11.5. The van der Waals surface area contributed by atoms with Crippen LogP contribution in [0.2, 0.25) is 5.02 Å². The van der Waals surface area contributed by atoms with E-state index in [0.29, 0.717) is 28.0 Å². The van der Waals surface area contributed by atoms with E-state index in [1.165, 1.54) is 11.6 Å². The van der Waals surface area contributed by atoms with Crippen LogP contribution in [0.25, 0.3) is 0 Å². The Morgan fingerprint density at radius 3 is 2.50 bits per heavy atom. The zero-order valence-electron chi connectivity index (χ0n) is 17.0. The summed E-state index contributed by atoms with van der Waals surface area (Å²) in [7, 11) is 1.40. The minimum Gasteiger partial charge on any atom is -0.439 e. The third-order valence-electron chi connectivity index (χ3n) is 4.60. The maximum absolute atomic E-state index is 12.7. The van der Waals surface area contributed by atoms with Crippen molar-refractivity contribution in [3.63, 3.8) is 0 Å². The van der Waals surface area contributed by atoms with Crippen molar-refractivity contribution < 1.29 is 4.74 Å². The maximum atomic E-state index is 12.7. The second-order valence-corrected chi connectivity index (χ2v) is 7.38. The molecule has 2 aromatic carbocycles. The Hall–Kier alpha value is -4.11. The van der Waals surface area contributed by atoms with E-state index in [1.54, 1.807) is 66.9 Å². The Bertz CT molecular complexity index is 1440. The van der Waals surface area contributed by atoms with Crippen LogP contribution in [0.5, 0.6) is 11.6 Å². The van der Waals surface area contributed by atoms with Crippen molar-refractivity contribution >= 4 is 23.0 Å². The van der Waals surface area contributed by atoms with Gasteiger partial charge in [0.05, 0.1) is 12.2 Å². The highest BCUT2D eigenvalue weighted by atomic mass is 35.5. The van der Waals surface area contributed by atoms with E-state index >= 15 is 0 Å². The number of pyridine rings is 1. The Labute approximate surface area is 187 Å². The lowest BCUT2D eigenvalue weighted by Gasteiger charge is -2.09. The summed E-state index contributed by atoms with van der Waals surface area (Å²) in [4.78, 5) is 36.1. The lowest BCUT2D eigenvalue weighted by atomic mass is 10.2. The third-order valence-corrected chi connectivity index (χ3v) is 4.86. The molecule has 3 N–H and O–H groups in total. The van der Waals surface area contributed by atoms with Crippen LogP contribution in [0, 0.1) is 0 Å². The molecule has 2 heterocycles. The molecule has 0 spiro atoms. The van der Waals surface area contributed by atoms with Gasteiger partial charge in [0.15, 0.2) is 0 Å². The summed E-state index contributed by atoms with van der Waals surface area (Å²) in [6.07, 6.45) is 1.56. The summed E-state index contributed by atoms with van der Waals surface area (Å²) in [5.74, 6) is 0.903. The third kappa shape index (κ3) is 4.79. The number of hydrogen-bond acceptors (Lipinski definition) is 6. The summed E-state index contributed by atoms with van der Waals surface area (Å²) in [5.41, 5.74) is 6.70. The molecule has 0 aliphatic rings. The van der Waals surface area contributed by atoms with Crippen molar-refractivity contribution in [2.24, 2.45) is 12.0 Å². The number of halogens is 1. The van der Waals surface area contributed by atoms with E-state index in [1.807, 2.05) is 0 Å². The van der Waals surface area contributed by atoms with Gasteiger partial charge in [-0.05, 0) is 48.0 Å². The van der Waals surface area contributed by atoms with Crippen molar-refractivity contribution in [3.05, 3.63) is 104 Å². The second kappa shape index (κ2) is 8.94. The molecule has 0 saturated heterocycles. The average molecular weight is 451 g/mol. The summed E-state index contributed by atoms with van der Waals surface area (Å²) < 4.78 is 8.04. The maximum Gasteiger partial charge on any atom is 0.335 e. The molecule has 0 unspecified atom stereocenters. The van der Waals surface area contributed by atoms with E-state index < -0.39 is 11.4 Å². The number of nitrogen functional groups attached to an aromatic ring is 1. The molecule has 0 saturated carbocycles. The van der Waals surface area contributed by atoms with E-state index in [4.69, 9.17) is 22.1 Å². The predicted molar refractivity (Wildman–Crippen MR) is 121 cm³/mol. The van der Waals surface area contributed by atoms with Gasteiger partial charge < -0.3 is 10.5 Å². The molecule has 0 aliphatic carbocycles. The minimum atomic E-state index is -0.561. The van der Waals surface area contributed by atoms with Crippen LogP contribution in [0.1, 0.15) is 5.56 Å². The average Bonchev–Trinajstić information content (AvgIpc) is 2.78. The van der Waals surface area contributed by atoms with Crippen molar-refractivity contribution in [1.29, 1.82) is 0 Å². The highest BCUT2D eigenvalue weighted by Crippen LogP contribution is 2.23. The summed E-state index contributed by atoms with van der Waals surface area (Å²) >= 11 is 5.94. The number of aromatic nitrogens is 4. The first-order valence-electron chi connectivity index (χ1n) is 9.58. The molecule has 9 nitrogen and oxygen atoms in total. The molecule has 4 aromatic rings. The van der Waals surface area contributed by atoms with Crippen molar-refractivity contribution in [2.45, 2.75) is 6.54 Å². The van der Waals surface area contributed by atoms with Gasteiger partial charge in [0.2, 0.25) is 11.5 Å². The standard InChI is InChI=1S/C22H19ClN6O3/c1-28-21(30)27-20(29(22(28)31)13-14-2-4-15(23)5-3-14)26-17-6-8-18(9-7-17)32-19-12-16(24)10-11-25-19/h2-12H,13H2,1H3,(H2,24,25)(H,26,27,30). The number of nitrogens with two attached hydrogens (primary N) is 1. The van der Waals surface area contributed by atoms with E-state index in [-0.39, 0.29) is 12.2 Å². The Morgan fingerprint density at radius 2 is 1.81 bits per heavy atom. The smallest absolute Gasteiger partial charge is 0.335 e. The zero-order valence-corrected chi connectivity index (χ0v) is 17.8. The number of aromatic amines is 1. The number of nitrogens with zero attached hydrogens (tertiary/aromatic N) is 4. The van der Waals surface area contributed by atoms with Gasteiger partial charge >= 0.3 is 11.4 Å². The molecule has 10 heteroatoms. The first-order valence-corrected chi connectivity index (χ1v) is 9.95. The molecule has 162 valence electrons. The first kappa shape index (κ1) is 21.1. The fourth-order valence-electron chi connectivity index (χ4n) is 2.92. The number of ether oxygens (including phenoxy) is 1. The van der Waals surface area contributed by atoms with Gasteiger partial charge in [-0.1, -0.05) is 23.7 Å². The predicted octanol–water partition coefficient (Wildman–Crippen LogP) is 2.58. The van der Waals surface area contributed by atoms with Crippen LogP contribution in [0.3, 0.4) is 0 Å². The number of benzene rings is 2. The second-order valence-electron chi connectivity index (χ2n) is 6.94. The first-order chi connectivity index (χ1) is 15.4. The van der Waals surface area contributed by atoms with Crippen LogP contribution in [-0.4, -0.2) is 19.1 Å². The summed E-state index contributed by atoms with van der Waals surface area (Å²) in [6.45, 7) is 0.210. The molecular formula is C22H19ClN6O3. The van der Waals surface area contributed by atoms with Crippen molar-refractivity contribution in [3.8, 4) is 11.6 Å². The largest absolute Gasteiger partial charge is 0.439 e. The van der Waals surface area contributed by atoms with Crippen LogP contribution < -0.4 is 27.5 Å². The van der Waals surface area contributed by atoms with Crippen LogP contribution in [0.4, 0.5) is 11.4 Å². The SMILES string of the molecule is Cn1c(=O)[nH]/c(=N\c2ccc(Oc3cc(N)ccn3)cc2)n(Cc2ccc(Cl)cc2)c1=O. The molecule has 0 bridgehead atoms.